The van der Waals surface area contributed by atoms with Crippen molar-refractivity contribution in [3.63, 3.8) is 0 Å². The highest BCUT2D eigenvalue weighted by atomic mass is 16.5. The van der Waals surface area contributed by atoms with Gasteiger partial charge in [0.2, 0.25) is 0 Å². The van der Waals surface area contributed by atoms with Gasteiger partial charge in [-0.15, -0.1) is 0 Å². The maximum absolute atomic E-state index is 12.2. The van der Waals surface area contributed by atoms with Crippen molar-refractivity contribution in [1.82, 2.24) is 0 Å². The normalized spacial score (nSPS) is 10.1. The Kier molecular flexibility index (Phi) is 5.74. The number of aliphatic carboxylic acids is 1. The molecule has 0 heterocycles. The quantitative estimate of drug-likeness (QED) is 0.767. The third-order valence-electron chi connectivity index (χ3n) is 3.31. The van der Waals surface area contributed by atoms with Crippen molar-refractivity contribution in [2.75, 3.05) is 11.9 Å². The highest BCUT2D eigenvalue weighted by Gasteiger charge is 2.07. The number of benzene rings is 2. The van der Waals surface area contributed by atoms with E-state index in [0.29, 0.717) is 24.3 Å². The SMILES string of the molecule is Cc1ccccc1NC(=O)c1ccc(OCCCC(=O)O)cc1. The molecule has 2 aromatic rings. The molecule has 2 rings (SSSR count). The van der Waals surface area contributed by atoms with E-state index in [0.717, 1.165) is 11.3 Å². The number of aryl methyl sites for hydroxylation is 1. The van der Waals surface area contributed by atoms with Gasteiger partial charge in [0, 0.05) is 17.7 Å². The topological polar surface area (TPSA) is 75.6 Å². The molecule has 0 saturated heterocycles. The van der Waals surface area contributed by atoms with Crippen LogP contribution in [0.15, 0.2) is 48.5 Å². The molecule has 23 heavy (non-hydrogen) atoms. The molecule has 2 N–H and O–H groups in total. The minimum atomic E-state index is -0.836. The predicted octanol–water partition coefficient (Wildman–Crippen LogP) is 3.49. The van der Waals surface area contributed by atoms with E-state index in [1.165, 1.54) is 0 Å². The van der Waals surface area contributed by atoms with Crippen molar-refractivity contribution in [3.8, 4) is 5.75 Å². The molecule has 0 atom stereocenters. The van der Waals surface area contributed by atoms with Gasteiger partial charge in [-0.3, -0.25) is 9.59 Å². The van der Waals surface area contributed by atoms with Gasteiger partial charge in [-0.2, -0.15) is 0 Å². The van der Waals surface area contributed by atoms with E-state index in [-0.39, 0.29) is 12.3 Å². The summed E-state index contributed by atoms with van der Waals surface area (Å²) in [6.45, 7) is 2.27. The Morgan fingerprint density at radius 1 is 1.09 bits per heavy atom. The lowest BCUT2D eigenvalue weighted by Crippen LogP contribution is -2.12. The van der Waals surface area contributed by atoms with Crippen LogP contribution in [0.2, 0.25) is 0 Å². The lowest BCUT2D eigenvalue weighted by Gasteiger charge is -2.09. The van der Waals surface area contributed by atoms with Crippen LogP contribution in [0.3, 0.4) is 0 Å². The lowest BCUT2D eigenvalue weighted by molar-refractivity contribution is -0.137. The van der Waals surface area contributed by atoms with E-state index in [2.05, 4.69) is 5.32 Å². The number of carbonyl (C=O) groups is 2. The molecule has 1 amide bonds. The summed E-state index contributed by atoms with van der Waals surface area (Å²) in [5.74, 6) is -0.406. The van der Waals surface area contributed by atoms with Crippen molar-refractivity contribution in [2.45, 2.75) is 19.8 Å². The summed E-state index contributed by atoms with van der Waals surface area (Å²) in [6.07, 6.45) is 0.530. The first-order valence-corrected chi connectivity index (χ1v) is 7.38. The highest BCUT2D eigenvalue weighted by Crippen LogP contribution is 2.17. The standard InChI is InChI=1S/C18H19NO4/c1-13-5-2-3-6-16(13)19-18(22)14-8-10-15(11-9-14)23-12-4-7-17(20)21/h2-3,5-6,8-11H,4,7,12H2,1H3,(H,19,22)(H,20,21). The predicted molar refractivity (Wildman–Crippen MR) is 87.9 cm³/mol. The van der Waals surface area contributed by atoms with Crippen LogP contribution < -0.4 is 10.1 Å². The molecule has 0 saturated carbocycles. The molecule has 0 spiro atoms. The minimum absolute atomic E-state index is 0.0803. The van der Waals surface area contributed by atoms with Gasteiger partial charge in [0.05, 0.1) is 6.61 Å². The Balaban J connectivity index is 1.90. The molecule has 0 bridgehead atoms. The second kappa shape index (κ2) is 7.98. The molecule has 5 heteroatoms. The summed E-state index contributed by atoms with van der Waals surface area (Å²) in [6, 6.07) is 14.3. The first kappa shape index (κ1) is 16.5. The summed E-state index contributed by atoms with van der Waals surface area (Å²) in [7, 11) is 0. The van der Waals surface area contributed by atoms with E-state index in [1.54, 1.807) is 24.3 Å². The van der Waals surface area contributed by atoms with Gasteiger partial charge < -0.3 is 15.2 Å². The molecule has 0 aliphatic rings. The molecular formula is C18H19NO4. The van der Waals surface area contributed by atoms with Gasteiger partial charge in [-0.1, -0.05) is 18.2 Å². The zero-order valence-electron chi connectivity index (χ0n) is 12.9. The summed E-state index contributed by atoms with van der Waals surface area (Å²) in [5, 5.41) is 11.4. The number of carbonyl (C=O) groups excluding carboxylic acids is 1. The first-order valence-electron chi connectivity index (χ1n) is 7.38. The smallest absolute Gasteiger partial charge is 0.303 e. The third kappa shape index (κ3) is 5.14. The second-order valence-corrected chi connectivity index (χ2v) is 5.14. The van der Waals surface area contributed by atoms with Crippen LogP contribution in [0, 0.1) is 6.92 Å². The van der Waals surface area contributed by atoms with Gasteiger partial charge in [0.25, 0.3) is 5.91 Å². The van der Waals surface area contributed by atoms with Crippen molar-refractivity contribution in [2.24, 2.45) is 0 Å². The number of nitrogens with one attached hydrogen (secondary N) is 1. The molecule has 0 aliphatic heterocycles. The van der Waals surface area contributed by atoms with Crippen molar-refractivity contribution < 1.29 is 19.4 Å². The number of amides is 1. The Labute approximate surface area is 134 Å². The van der Waals surface area contributed by atoms with E-state index in [9.17, 15) is 9.59 Å². The fraction of sp³-hybridized carbons (Fsp3) is 0.222. The van der Waals surface area contributed by atoms with Gasteiger partial charge in [0.1, 0.15) is 5.75 Å². The first-order chi connectivity index (χ1) is 11.1. The minimum Gasteiger partial charge on any atom is -0.494 e. The third-order valence-corrected chi connectivity index (χ3v) is 3.31. The fourth-order valence-electron chi connectivity index (χ4n) is 2.02. The van der Waals surface area contributed by atoms with Gasteiger partial charge in [-0.05, 0) is 49.2 Å². The average Bonchev–Trinajstić information content (AvgIpc) is 2.54. The number of ether oxygens (including phenoxy) is 1. The molecule has 0 aromatic heterocycles. The lowest BCUT2D eigenvalue weighted by atomic mass is 10.1. The Morgan fingerprint density at radius 2 is 1.78 bits per heavy atom. The number of para-hydroxylation sites is 1. The molecule has 0 aliphatic carbocycles. The van der Waals surface area contributed by atoms with E-state index in [4.69, 9.17) is 9.84 Å². The number of anilines is 1. The van der Waals surface area contributed by atoms with Crippen LogP contribution in [0.5, 0.6) is 5.75 Å². The van der Waals surface area contributed by atoms with Crippen LogP contribution in [0.4, 0.5) is 5.69 Å². The average molecular weight is 313 g/mol. The van der Waals surface area contributed by atoms with E-state index in [1.807, 2.05) is 31.2 Å². The van der Waals surface area contributed by atoms with Crippen molar-refractivity contribution in [1.29, 1.82) is 0 Å². The summed E-state index contributed by atoms with van der Waals surface area (Å²) in [5.41, 5.74) is 2.32. The van der Waals surface area contributed by atoms with Crippen LogP contribution in [-0.2, 0) is 4.79 Å². The maximum Gasteiger partial charge on any atom is 0.303 e. The number of rotatable bonds is 7. The van der Waals surface area contributed by atoms with E-state index >= 15 is 0 Å². The van der Waals surface area contributed by atoms with Gasteiger partial charge in [-0.25, -0.2) is 0 Å². The Hall–Kier alpha value is -2.82. The largest absolute Gasteiger partial charge is 0.494 e. The van der Waals surface area contributed by atoms with Gasteiger partial charge in [0.15, 0.2) is 0 Å². The zero-order valence-corrected chi connectivity index (χ0v) is 12.9. The zero-order chi connectivity index (χ0) is 16.7. The van der Waals surface area contributed by atoms with Crippen LogP contribution >= 0.6 is 0 Å². The van der Waals surface area contributed by atoms with Crippen LogP contribution in [-0.4, -0.2) is 23.6 Å². The molecule has 120 valence electrons. The van der Waals surface area contributed by atoms with Crippen molar-refractivity contribution in [3.05, 3.63) is 59.7 Å². The summed E-state index contributed by atoms with van der Waals surface area (Å²) < 4.78 is 5.43. The molecule has 2 aromatic carbocycles. The monoisotopic (exact) mass is 313 g/mol. The molecule has 0 fully saturated rings. The molecule has 0 radical (unpaired) electrons. The van der Waals surface area contributed by atoms with Crippen LogP contribution in [0.25, 0.3) is 0 Å². The van der Waals surface area contributed by atoms with E-state index < -0.39 is 5.97 Å². The van der Waals surface area contributed by atoms with Crippen LogP contribution in [0.1, 0.15) is 28.8 Å². The second-order valence-electron chi connectivity index (χ2n) is 5.14. The Morgan fingerprint density at radius 3 is 2.43 bits per heavy atom. The number of carboxylic acids is 1. The fourth-order valence-corrected chi connectivity index (χ4v) is 2.02. The maximum atomic E-state index is 12.2. The Bertz CT molecular complexity index is 680. The highest BCUT2D eigenvalue weighted by molar-refractivity contribution is 6.04. The number of hydrogen-bond acceptors (Lipinski definition) is 3. The number of carboxylic acid groups (broad SMARTS) is 1. The van der Waals surface area contributed by atoms with Gasteiger partial charge >= 0.3 is 5.97 Å². The molecule has 0 unspecified atom stereocenters. The van der Waals surface area contributed by atoms with Crippen molar-refractivity contribution >= 4 is 17.6 Å². The summed E-state index contributed by atoms with van der Waals surface area (Å²) >= 11 is 0. The number of hydrogen-bond donors (Lipinski definition) is 2. The molecular weight excluding hydrogens is 294 g/mol. The summed E-state index contributed by atoms with van der Waals surface area (Å²) in [4.78, 5) is 22.6. The molecule has 5 nitrogen and oxygen atoms in total.